The van der Waals surface area contributed by atoms with Crippen molar-refractivity contribution in [2.24, 2.45) is 0 Å². The van der Waals surface area contributed by atoms with Gasteiger partial charge in [0.15, 0.2) is 11.5 Å². The van der Waals surface area contributed by atoms with E-state index in [-0.39, 0.29) is 18.7 Å². The Balaban J connectivity index is 1.26. The standard InChI is InChI=1S/C22H27N3O4/c1-16(17-6-7-20-21(12-17)29-15-28-20)23-22(26)14-24-8-10-25(11-9-24)18-4-3-5-19(13-18)27-2/h3-7,12-13,16H,8-11,14-15H2,1-2H3,(H,23,26)/t16-/m1/s1. The number of fused-ring (bicyclic) bond motifs is 1. The van der Waals surface area contributed by atoms with E-state index in [0.29, 0.717) is 6.54 Å². The molecule has 0 radical (unpaired) electrons. The Morgan fingerprint density at radius 1 is 1.10 bits per heavy atom. The highest BCUT2D eigenvalue weighted by atomic mass is 16.7. The summed E-state index contributed by atoms with van der Waals surface area (Å²) in [6.45, 7) is 6.11. The van der Waals surface area contributed by atoms with Crippen LogP contribution >= 0.6 is 0 Å². The summed E-state index contributed by atoms with van der Waals surface area (Å²) in [6, 6.07) is 13.8. The first-order valence-electron chi connectivity index (χ1n) is 9.92. The second-order valence-corrected chi connectivity index (χ2v) is 7.37. The number of nitrogens with one attached hydrogen (secondary N) is 1. The topological polar surface area (TPSA) is 63.3 Å². The lowest BCUT2D eigenvalue weighted by Gasteiger charge is -2.36. The highest BCUT2D eigenvalue weighted by molar-refractivity contribution is 5.78. The SMILES string of the molecule is COc1cccc(N2CCN(CC(=O)N[C@H](C)c3ccc4c(c3)OCO4)CC2)c1. The number of methoxy groups -OCH3 is 1. The molecule has 7 nitrogen and oxygen atoms in total. The lowest BCUT2D eigenvalue weighted by Crippen LogP contribution is -2.49. The smallest absolute Gasteiger partial charge is 0.234 e. The number of nitrogens with zero attached hydrogens (tertiary/aromatic N) is 2. The van der Waals surface area contributed by atoms with Gasteiger partial charge in [-0.05, 0) is 36.8 Å². The van der Waals surface area contributed by atoms with E-state index >= 15 is 0 Å². The van der Waals surface area contributed by atoms with Gasteiger partial charge in [0.25, 0.3) is 0 Å². The molecule has 1 amide bonds. The van der Waals surface area contributed by atoms with E-state index in [1.807, 2.05) is 37.3 Å². The van der Waals surface area contributed by atoms with E-state index in [9.17, 15) is 4.79 Å². The molecule has 4 rings (SSSR count). The fourth-order valence-corrected chi connectivity index (χ4v) is 3.73. The van der Waals surface area contributed by atoms with Gasteiger partial charge in [0.05, 0.1) is 19.7 Å². The summed E-state index contributed by atoms with van der Waals surface area (Å²) in [5, 5.41) is 3.09. The fraction of sp³-hybridized carbons (Fsp3) is 0.409. The van der Waals surface area contributed by atoms with Crippen LogP contribution in [0.5, 0.6) is 17.2 Å². The molecule has 2 aromatic rings. The summed E-state index contributed by atoms with van der Waals surface area (Å²) in [5.74, 6) is 2.38. The zero-order valence-corrected chi connectivity index (χ0v) is 16.9. The number of amides is 1. The molecule has 1 saturated heterocycles. The van der Waals surface area contributed by atoms with E-state index in [4.69, 9.17) is 14.2 Å². The number of benzene rings is 2. The Labute approximate surface area is 171 Å². The zero-order chi connectivity index (χ0) is 20.2. The van der Waals surface area contributed by atoms with E-state index in [0.717, 1.165) is 54.7 Å². The van der Waals surface area contributed by atoms with Crippen LogP contribution in [0.2, 0.25) is 0 Å². The maximum Gasteiger partial charge on any atom is 0.234 e. The molecule has 0 saturated carbocycles. The monoisotopic (exact) mass is 397 g/mol. The first-order chi connectivity index (χ1) is 14.1. The number of hydrogen-bond donors (Lipinski definition) is 1. The largest absolute Gasteiger partial charge is 0.497 e. The van der Waals surface area contributed by atoms with E-state index < -0.39 is 0 Å². The van der Waals surface area contributed by atoms with Crippen LogP contribution < -0.4 is 24.4 Å². The van der Waals surface area contributed by atoms with Crippen molar-refractivity contribution in [3.05, 3.63) is 48.0 Å². The van der Waals surface area contributed by atoms with Gasteiger partial charge in [-0.3, -0.25) is 9.69 Å². The van der Waals surface area contributed by atoms with Crippen molar-refractivity contribution in [1.29, 1.82) is 0 Å². The minimum atomic E-state index is -0.0879. The molecule has 2 aliphatic heterocycles. The first kappa shape index (κ1) is 19.4. The maximum absolute atomic E-state index is 12.5. The van der Waals surface area contributed by atoms with Crippen LogP contribution in [0.15, 0.2) is 42.5 Å². The molecule has 1 atom stereocenters. The molecule has 29 heavy (non-hydrogen) atoms. The van der Waals surface area contributed by atoms with Crippen molar-refractivity contribution in [2.45, 2.75) is 13.0 Å². The summed E-state index contributed by atoms with van der Waals surface area (Å²) in [7, 11) is 1.68. The predicted molar refractivity (Wildman–Crippen MR) is 111 cm³/mol. The Morgan fingerprint density at radius 3 is 2.69 bits per heavy atom. The molecule has 2 aliphatic rings. The third-order valence-corrected chi connectivity index (χ3v) is 5.43. The maximum atomic E-state index is 12.5. The van der Waals surface area contributed by atoms with E-state index in [2.05, 4.69) is 27.2 Å². The van der Waals surface area contributed by atoms with Crippen molar-refractivity contribution in [1.82, 2.24) is 10.2 Å². The summed E-state index contributed by atoms with van der Waals surface area (Å²) in [5.41, 5.74) is 2.16. The first-order valence-corrected chi connectivity index (χ1v) is 9.92. The number of carbonyl (C=O) groups is 1. The molecule has 2 heterocycles. The minimum Gasteiger partial charge on any atom is -0.497 e. The third-order valence-electron chi connectivity index (χ3n) is 5.43. The number of piperazine rings is 1. The van der Waals surface area contributed by atoms with Crippen LogP contribution in [0.1, 0.15) is 18.5 Å². The number of hydrogen-bond acceptors (Lipinski definition) is 6. The molecule has 2 aromatic carbocycles. The van der Waals surface area contributed by atoms with Gasteiger partial charge in [-0.1, -0.05) is 12.1 Å². The normalized spacial score (nSPS) is 17.1. The molecular formula is C22H27N3O4. The summed E-state index contributed by atoms with van der Waals surface area (Å²) in [6.07, 6.45) is 0. The van der Waals surface area contributed by atoms with Crippen molar-refractivity contribution in [3.63, 3.8) is 0 Å². The van der Waals surface area contributed by atoms with Gasteiger partial charge in [-0.15, -0.1) is 0 Å². The Kier molecular flexibility index (Phi) is 5.76. The van der Waals surface area contributed by atoms with Gasteiger partial charge < -0.3 is 24.4 Å². The Morgan fingerprint density at radius 2 is 1.90 bits per heavy atom. The zero-order valence-electron chi connectivity index (χ0n) is 16.9. The summed E-state index contributed by atoms with van der Waals surface area (Å²) >= 11 is 0. The highest BCUT2D eigenvalue weighted by Gasteiger charge is 2.21. The quantitative estimate of drug-likeness (QED) is 0.808. The molecule has 1 fully saturated rings. The van der Waals surface area contributed by atoms with Crippen molar-refractivity contribution in [2.75, 3.05) is 51.5 Å². The van der Waals surface area contributed by atoms with Crippen LogP contribution in [0, 0.1) is 0 Å². The predicted octanol–water partition coefficient (Wildman–Crippen LogP) is 2.42. The van der Waals surface area contributed by atoms with Gasteiger partial charge in [0.2, 0.25) is 12.7 Å². The average molecular weight is 397 g/mol. The lowest BCUT2D eigenvalue weighted by atomic mass is 10.1. The number of ether oxygens (including phenoxy) is 3. The van der Waals surface area contributed by atoms with Crippen molar-refractivity contribution in [3.8, 4) is 17.2 Å². The van der Waals surface area contributed by atoms with E-state index in [1.165, 1.54) is 0 Å². The molecule has 1 N–H and O–H groups in total. The minimum absolute atomic E-state index is 0.0324. The van der Waals surface area contributed by atoms with Crippen LogP contribution in [0.4, 0.5) is 5.69 Å². The summed E-state index contributed by atoms with van der Waals surface area (Å²) < 4.78 is 16.1. The summed E-state index contributed by atoms with van der Waals surface area (Å²) in [4.78, 5) is 17.0. The number of carbonyl (C=O) groups excluding carboxylic acids is 1. The van der Waals surface area contributed by atoms with Crippen LogP contribution in [-0.4, -0.2) is 57.4 Å². The number of anilines is 1. The molecule has 0 aliphatic carbocycles. The molecular weight excluding hydrogens is 370 g/mol. The lowest BCUT2D eigenvalue weighted by molar-refractivity contribution is -0.123. The van der Waals surface area contributed by atoms with Gasteiger partial charge in [0.1, 0.15) is 5.75 Å². The Bertz CT molecular complexity index is 865. The second kappa shape index (κ2) is 8.61. The molecule has 0 unspecified atom stereocenters. The molecule has 7 heteroatoms. The fourth-order valence-electron chi connectivity index (χ4n) is 3.73. The van der Waals surface area contributed by atoms with Crippen LogP contribution in [0.3, 0.4) is 0 Å². The van der Waals surface area contributed by atoms with Gasteiger partial charge in [-0.2, -0.15) is 0 Å². The second-order valence-electron chi connectivity index (χ2n) is 7.37. The van der Waals surface area contributed by atoms with Crippen molar-refractivity contribution >= 4 is 11.6 Å². The highest BCUT2D eigenvalue weighted by Crippen LogP contribution is 2.34. The molecule has 0 spiro atoms. The van der Waals surface area contributed by atoms with Crippen LogP contribution in [0.25, 0.3) is 0 Å². The third kappa shape index (κ3) is 4.56. The van der Waals surface area contributed by atoms with E-state index in [1.54, 1.807) is 7.11 Å². The van der Waals surface area contributed by atoms with Gasteiger partial charge >= 0.3 is 0 Å². The van der Waals surface area contributed by atoms with Gasteiger partial charge in [0, 0.05) is 37.9 Å². The van der Waals surface area contributed by atoms with Crippen LogP contribution in [-0.2, 0) is 4.79 Å². The van der Waals surface area contributed by atoms with Crippen molar-refractivity contribution < 1.29 is 19.0 Å². The Hall–Kier alpha value is -2.93. The molecule has 0 aromatic heterocycles. The molecule has 154 valence electrons. The van der Waals surface area contributed by atoms with Gasteiger partial charge in [-0.25, -0.2) is 0 Å². The molecule has 0 bridgehead atoms. The number of rotatable bonds is 6. The average Bonchev–Trinajstić information content (AvgIpc) is 3.22.